The highest BCUT2D eigenvalue weighted by Gasteiger charge is 2.35. The van der Waals surface area contributed by atoms with E-state index in [0.717, 1.165) is 18.4 Å². The van der Waals surface area contributed by atoms with Gasteiger partial charge in [-0.1, -0.05) is 48.9 Å². The molecule has 0 saturated carbocycles. The number of nitrogens with one attached hydrogen (secondary N) is 1. The molecular formula is C24H29ClF3N3O4S. The molecule has 0 aliphatic heterocycles. The molecule has 1 atom stereocenters. The first-order chi connectivity index (χ1) is 16.6. The van der Waals surface area contributed by atoms with Gasteiger partial charge in [0.15, 0.2) is 0 Å². The van der Waals surface area contributed by atoms with Crippen LogP contribution in [0.15, 0.2) is 48.5 Å². The van der Waals surface area contributed by atoms with Crippen molar-refractivity contribution in [3.05, 3.63) is 64.7 Å². The maximum atomic E-state index is 13.5. The van der Waals surface area contributed by atoms with Gasteiger partial charge in [0.1, 0.15) is 12.6 Å². The van der Waals surface area contributed by atoms with Gasteiger partial charge in [0.25, 0.3) is 0 Å². The number of alkyl halides is 3. The number of amides is 2. The van der Waals surface area contributed by atoms with Gasteiger partial charge >= 0.3 is 6.18 Å². The Kier molecular flexibility index (Phi) is 9.78. The van der Waals surface area contributed by atoms with Crippen molar-refractivity contribution in [3.63, 3.8) is 0 Å². The van der Waals surface area contributed by atoms with Crippen LogP contribution in [0.3, 0.4) is 0 Å². The molecule has 0 heterocycles. The molecule has 7 nitrogen and oxygen atoms in total. The monoisotopic (exact) mass is 547 g/mol. The van der Waals surface area contributed by atoms with Gasteiger partial charge < -0.3 is 10.2 Å². The average Bonchev–Trinajstić information content (AvgIpc) is 2.76. The van der Waals surface area contributed by atoms with Crippen LogP contribution < -0.4 is 9.62 Å². The summed E-state index contributed by atoms with van der Waals surface area (Å²) in [6.07, 6.45) is -3.77. The molecule has 198 valence electrons. The van der Waals surface area contributed by atoms with Crippen LogP contribution in [0.4, 0.5) is 18.9 Å². The Hall–Kier alpha value is -2.79. The Morgan fingerprint density at radius 1 is 1.08 bits per heavy atom. The Bertz CT molecular complexity index is 1170. The normalized spacial score (nSPS) is 12.8. The van der Waals surface area contributed by atoms with Crippen molar-refractivity contribution in [1.82, 2.24) is 10.2 Å². The minimum atomic E-state index is -4.76. The molecule has 0 spiro atoms. The number of rotatable bonds is 10. The van der Waals surface area contributed by atoms with Crippen LogP contribution in [-0.4, -0.2) is 50.0 Å². The fourth-order valence-corrected chi connectivity index (χ4v) is 4.68. The fraction of sp³-hybridized carbons (Fsp3) is 0.417. The molecular weight excluding hydrogens is 519 g/mol. The lowest BCUT2D eigenvalue weighted by molar-refractivity contribution is -0.140. The topological polar surface area (TPSA) is 86.8 Å². The minimum absolute atomic E-state index is 0.0162. The van der Waals surface area contributed by atoms with E-state index >= 15 is 0 Å². The number of anilines is 1. The summed E-state index contributed by atoms with van der Waals surface area (Å²) in [6.45, 7) is 4.35. The molecule has 2 rings (SSSR count). The maximum Gasteiger partial charge on any atom is 0.416 e. The number of sulfonamides is 1. The Balaban J connectivity index is 2.53. The summed E-state index contributed by atoms with van der Waals surface area (Å²) in [6, 6.07) is 9.83. The molecule has 0 aromatic heterocycles. The molecule has 36 heavy (non-hydrogen) atoms. The van der Waals surface area contributed by atoms with E-state index in [1.165, 1.54) is 4.90 Å². The number of benzene rings is 2. The Morgan fingerprint density at radius 3 is 2.19 bits per heavy atom. The van der Waals surface area contributed by atoms with E-state index < -0.39 is 51.9 Å². The van der Waals surface area contributed by atoms with Gasteiger partial charge in [-0.25, -0.2) is 8.42 Å². The second kappa shape index (κ2) is 12.0. The van der Waals surface area contributed by atoms with Crippen LogP contribution in [-0.2, 0) is 32.3 Å². The summed E-state index contributed by atoms with van der Waals surface area (Å²) in [5, 5.41) is 2.48. The lowest BCUT2D eigenvalue weighted by Crippen LogP contribution is -2.53. The predicted octanol–water partition coefficient (Wildman–Crippen LogP) is 4.46. The molecule has 0 radical (unpaired) electrons. The summed E-state index contributed by atoms with van der Waals surface area (Å²) in [5.41, 5.74) is -0.918. The van der Waals surface area contributed by atoms with E-state index in [1.54, 1.807) is 51.1 Å². The van der Waals surface area contributed by atoms with Gasteiger partial charge in [-0.15, -0.1) is 0 Å². The standard InChI is InChI=1S/C24H29ClF3N3O4S/c1-5-20(23(33)29-16(2)3)30(14-17-9-7-6-8-10-17)22(32)15-31(36(4,34)35)21-13-18(24(26,27)28)11-12-19(21)25/h6-13,16,20H,5,14-15H2,1-4H3,(H,29,33). The van der Waals surface area contributed by atoms with Crippen molar-refractivity contribution < 1.29 is 31.2 Å². The van der Waals surface area contributed by atoms with Gasteiger partial charge in [0, 0.05) is 12.6 Å². The number of nitrogens with zero attached hydrogens (tertiary/aromatic N) is 2. The summed E-state index contributed by atoms with van der Waals surface area (Å²) < 4.78 is 65.7. The lowest BCUT2D eigenvalue weighted by Gasteiger charge is -2.33. The van der Waals surface area contributed by atoms with Crippen molar-refractivity contribution in [2.45, 2.75) is 52.0 Å². The van der Waals surface area contributed by atoms with E-state index in [0.29, 0.717) is 15.9 Å². The molecule has 12 heteroatoms. The highest BCUT2D eigenvalue weighted by Crippen LogP contribution is 2.36. The molecule has 2 aromatic rings. The quantitative estimate of drug-likeness (QED) is 0.476. The van der Waals surface area contributed by atoms with E-state index in [1.807, 2.05) is 0 Å². The third kappa shape index (κ3) is 7.86. The molecule has 0 bridgehead atoms. The van der Waals surface area contributed by atoms with Crippen LogP contribution in [0.2, 0.25) is 5.02 Å². The number of hydrogen-bond acceptors (Lipinski definition) is 4. The van der Waals surface area contributed by atoms with Gasteiger partial charge in [0.2, 0.25) is 21.8 Å². The molecule has 0 fully saturated rings. The van der Waals surface area contributed by atoms with Crippen LogP contribution in [0.25, 0.3) is 0 Å². The van der Waals surface area contributed by atoms with Gasteiger partial charge in [-0.2, -0.15) is 13.2 Å². The maximum absolute atomic E-state index is 13.5. The average molecular weight is 548 g/mol. The van der Waals surface area contributed by atoms with Gasteiger partial charge in [-0.3, -0.25) is 13.9 Å². The van der Waals surface area contributed by atoms with Gasteiger partial charge in [0.05, 0.1) is 22.5 Å². The third-order valence-electron chi connectivity index (χ3n) is 5.23. The van der Waals surface area contributed by atoms with E-state index in [9.17, 15) is 31.2 Å². The summed E-state index contributed by atoms with van der Waals surface area (Å²) >= 11 is 6.07. The van der Waals surface area contributed by atoms with Crippen molar-refractivity contribution in [2.75, 3.05) is 17.1 Å². The summed E-state index contributed by atoms with van der Waals surface area (Å²) in [5.74, 6) is -1.21. The molecule has 1 unspecified atom stereocenters. The Labute approximate surface area is 214 Å². The molecule has 0 aliphatic rings. The smallest absolute Gasteiger partial charge is 0.352 e. The summed E-state index contributed by atoms with van der Waals surface area (Å²) in [7, 11) is -4.24. The van der Waals surface area contributed by atoms with Crippen molar-refractivity contribution in [3.8, 4) is 0 Å². The number of hydrogen-bond donors (Lipinski definition) is 1. The second-order valence-corrected chi connectivity index (χ2v) is 10.8. The van der Waals surface area contributed by atoms with Crippen LogP contribution in [0.5, 0.6) is 0 Å². The van der Waals surface area contributed by atoms with Crippen LogP contribution >= 0.6 is 11.6 Å². The Morgan fingerprint density at radius 2 is 1.69 bits per heavy atom. The van der Waals surface area contributed by atoms with E-state index in [4.69, 9.17) is 11.6 Å². The number of carbonyl (C=O) groups is 2. The number of halogens is 4. The highest BCUT2D eigenvalue weighted by molar-refractivity contribution is 7.92. The molecule has 1 N–H and O–H groups in total. The predicted molar refractivity (Wildman–Crippen MR) is 133 cm³/mol. The zero-order chi connectivity index (χ0) is 27.3. The highest BCUT2D eigenvalue weighted by atomic mass is 35.5. The molecule has 0 aliphatic carbocycles. The molecule has 2 aromatic carbocycles. The van der Waals surface area contributed by atoms with Crippen LogP contribution in [0, 0.1) is 0 Å². The molecule has 2 amide bonds. The first-order valence-corrected chi connectivity index (χ1v) is 13.4. The zero-order valence-corrected chi connectivity index (χ0v) is 21.9. The first kappa shape index (κ1) is 29.4. The largest absolute Gasteiger partial charge is 0.416 e. The minimum Gasteiger partial charge on any atom is -0.352 e. The lowest BCUT2D eigenvalue weighted by atomic mass is 10.1. The number of carbonyl (C=O) groups excluding carboxylic acids is 2. The first-order valence-electron chi connectivity index (χ1n) is 11.1. The third-order valence-corrected chi connectivity index (χ3v) is 6.68. The SMILES string of the molecule is CCC(C(=O)NC(C)C)N(Cc1ccccc1)C(=O)CN(c1cc(C(F)(F)F)ccc1Cl)S(C)(=O)=O. The van der Waals surface area contributed by atoms with Crippen molar-refractivity contribution in [2.24, 2.45) is 0 Å². The fourth-order valence-electron chi connectivity index (χ4n) is 3.56. The van der Waals surface area contributed by atoms with E-state index in [2.05, 4.69) is 5.32 Å². The van der Waals surface area contributed by atoms with E-state index in [-0.39, 0.29) is 24.0 Å². The second-order valence-electron chi connectivity index (χ2n) is 8.53. The van der Waals surface area contributed by atoms with Crippen LogP contribution in [0.1, 0.15) is 38.3 Å². The zero-order valence-electron chi connectivity index (χ0n) is 20.3. The summed E-state index contributed by atoms with van der Waals surface area (Å²) in [4.78, 5) is 27.7. The van der Waals surface area contributed by atoms with Crippen molar-refractivity contribution >= 4 is 39.1 Å². The van der Waals surface area contributed by atoms with Crippen molar-refractivity contribution in [1.29, 1.82) is 0 Å². The van der Waals surface area contributed by atoms with Gasteiger partial charge in [-0.05, 0) is 44.0 Å². The molecule has 0 saturated heterocycles.